The fraction of sp³-hybridized carbons (Fsp3) is 0.281. The van der Waals surface area contributed by atoms with Crippen LogP contribution >= 0.6 is 11.3 Å². The largest absolute Gasteiger partial charge is 0.416 e. The molecule has 6 nitrogen and oxygen atoms in total. The van der Waals surface area contributed by atoms with Crippen LogP contribution in [0.4, 0.5) is 13.2 Å². The molecule has 1 saturated heterocycles. The van der Waals surface area contributed by atoms with Crippen LogP contribution in [0, 0.1) is 0 Å². The number of likely N-dealkylation sites (tertiary alicyclic amines) is 1. The van der Waals surface area contributed by atoms with Gasteiger partial charge in [0.05, 0.1) is 22.7 Å². The number of benzene rings is 3. The molecule has 3 aromatic carbocycles. The summed E-state index contributed by atoms with van der Waals surface area (Å²) in [7, 11) is 0. The average Bonchev–Trinajstić information content (AvgIpc) is 3.51. The Kier molecular flexibility index (Phi) is 8.74. The maximum Gasteiger partial charge on any atom is 0.416 e. The van der Waals surface area contributed by atoms with Gasteiger partial charge in [-0.2, -0.15) is 13.2 Å². The van der Waals surface area contributed by atoms with Crippen LogP contribution in [0.5, 0.6) is 0 Å². The zero-order chi connectivity index (χ0) is 29.9. The Morgan fingerprint density at radius 2 is 1.62 bits per heavy atom. The van der Waals surface area contributed by atoms with E-state index in [2.05, 4.69) is 10.3 Å². The van der Waals surface area contributed by atoms with Crippen LogP contribution in [0.15, 0.2) is 84.2 Å². The second-order valence-electron chi connectivity index (χ2n) is 10.4. The number of halogens is 3. The van der Waals surface area contributed by atoms with Crippen LogP contribution in [0.1, 0.15) is 68.8 Å². The van der Waals surface area contributed by atoms with Crippen molar-refractivity contribution < 1.29 is 27.9 Å². The van der Waals surface area contributed by atoms with E-state index in [1.165, 1.54) is 23.5 Å². The SMILES string of the molecule is CC(NC(=O)c1csc(C2CCN(C(=O)c3ccccc3-c3ccc(C(F)(F)F)cc3)CC2)n1)C(O)c1ccccc1. The van der Waals surface area contributed by atoms with Gasteiger partial charge in [0.25, 0.3) is 11.8 Å². The molecule has 1 aliphatic heterocycles. The summed E-state index contributed by atoms with van der Waals surface area (Å²) in [6.07, 6.45) is -3.93. The van der Waals surface area contributed by atoms with Gasteiger partial charge in [0.1, 0.15) is 5.69 Å². The quantitative estimate of drug-likeness (QED) is 0.250. The molecule has 4 aromatic rings. The fourth-order valence-electron chi connectivity index (χ4n) is 5.14. The molecule has 2 N–H and O–H groups in total. The Morgan fingerprint density at radius 3 is 2.29 bits per heavy atom. The topological polar surface area (TPSA) is 82.5 Å². The molecule has 2 amide bonds. The summed E-state index contributed by atoms with van der Waals surface area (Å²) in [6, 6.07) is 20.4. The number of piperidine rings is 1. The minimum atomic E-state index is -4.43. The van der Waals surface area contributed by atoms with Gasteiger partial charge < -0.3 is 15.3 Å². The second-order valence-corrected chi connectivity index (χ2v) is 11.3. The van der Waals surface area contributed by atoms with E-state index in [4.69, 9.17) is 0 Å². The lowest BCUT2D eigenvalue weighted by Gasteiger charge is -2.31. The highest BCUT2D eigenvalue weighted by Crippen LogP contribution is 2.34. The van der Waals surface area contributed by atoms with Gasteiger partial charge in [-0.05, 0) is 54.7 Å². The van der Waals surface area contributed by atoms with Crippen LogP contribution in [-0.2, 0) is 6.18 Å². The lowest BCUT2D eigenvalue weighted by atomic mass is 9.94. The van der Waals surface area contributed by atoms with Gasteiger partial charge in [-0.25, -0.2) is 4.98 Å². The first-order valence-corrected chi connectivity index (χ1v) is 14.5. The first kappa shape index (κ1) is 29.5. The number of carbonyl (C=O) groups excluding carboxylic acids is 2. The van der Waals surface area contributed by atoms with Gasteiger partial charge >= 0.3 is 6.18 Å². The Bertz CT molecular complexity index is 1530. The minimum absolute atomic E-state index is 0.0955. The molecule has 2 atom stereocenters. The Labute approximate surface area is 245 Å². The molecular formula is C32H30F3N3O3S. The number of nitrogens with one attached hydrogen (secondary N) is 1. The summed E-state index contributed by atoms with van der Waals surface area (Å²) >= 11 is 1.41. The van der Waals surface area contributed by atoms with E-state index in [9.17, 15) is 27.9 Å². The predicted molar refractivity (Wildman–Crippen MR) is 155 cm³/mol. The predicted octanol–water partition coefficient (Wildman–Crippen LogP) is 6.70. The smallest absolute Gasteiger partial charge is 0.386 e. The molecular weight excluding hydrogens is 563 g/mol. The van der Waals surface area contributed by atoms with Crippen molar-refractivity contribution in [2.24, 2.45) is 0 Å². The molecule has 1 fully saturated rings. The summed E-state index contributed by atoms with van der Waals surface area (Å²) in [5.74, 6) is -0.431. The van der Waals surface area contributed by atoms with Crippen LogP contribution in [0.2, 0.25) is 0 Å². The standard InChI is InChI=1S/C32H30F3N3O3S/c1-20(28(39)22-7-3-2-4-8-22)36-29(40)27-19-42-30(37-27)23-15-17-38(18-16-23)31(41)26-10-6-5-9-25(26)21-11-13-24(14-12-21)32(33,34)35/h2-14,19-20,23,28,39H,15-18H2,1H3,(H,36,40). The van der Waals surface area contributed by atoms with E-state index in [0.717, 1.165) is 17.1 Å². The molecule has 10 heteroatoms. The molecule has 1 aromatic heterocycles. The Balaban J connectivity index is 1.20. The van der Waals surface area contributed by atoms with Crippen molar-refractivity contribution in [3.8, 4) is 11.1 Å². The van der Waals surface area contributed by atoms with Gasteiger partial charge in [0.2, 0.25) is 0 Å². The maximum absolute atomic E-state index is 13.5. The van der Waals surface area contributed by atoms with E-state index in [-0.39, 0.29) is 17.7 Å². The number of alkyl halides is 3. The molecule has 0 aliphatic carbocycles. The molecule has 218 valence electrons. The molecule has 0 bridgehead atoms. The average molecular weight is 594 g/mol. The molecule has 2 unspecified atom stereocenters. The number of hydrogen-bond donors (Lipinski definition) is 2. The minimum Gasteiger partial charge on any atom is -0.386 e. The highest BCUT2D eigenvalue weighted by molar-refractivity contribution is 7.09. The molecule has 0 spiro atoms. The number of aliphatic hydroxyl groups is 1. The summed E-state index contributed by atoms with van der Waals surface area (Å²) in [4.78, 5) is 32.6. The zero-order valence-corrected chi connectivity index (χ0v) is 23.7. The van der Waals surface area contributed by atoms with Gasteiger partial charge in [0.15, 0.2) is 0 Å². The molecule has 42 heavy (non-hydrogen) atoms. The van der Waals surface area contributed by atoms with E-state index in [1.807, 2.05) is 18.2 Å². The van der Waals surface area contributed by atoms with E-state index in [1.54, 1.807) is 53.6 Å². The fourth-order valence-corrected chi connectivity index (χ4v) is 6.11. The van der Waals surface area contributed by atoms with Gasteiger partial charge in [-0.15, -0.1) is 11.3 Å². The van der Waals surface area contributed by atoms with Crippen molar-refractivity contribution in [1.82, 2.24) is 15.2 Å². The number of carbonyl (C=O) groups is 2. The number of nitrogens with zero attached hydrogens (tertiary/aromatic N) is 2. The molecule has 2 heterocycles. The number of aromatic nitrogens is 1. The molecule has 0 saturated carbocycles. The molecule has 5 rings (SSSR count). The van der Waals surface area contributed by atoms with Crippen LogP contribution in [-0.4, -0.2) is 45.9 Å². The van der Waals surface area contributed by atoms with Crippen molar-refractivity contribution in [3.63, 3.8) is 0 Å². The van der Waals surface area contributed by atoms with Gasteiger partial charge in [-0.3, -0.25) is 9.59 Å². The number of aliphatic hydroxyl groups excluding tert-OH is 1. The second kappa shape index (κ2) is 12.5. The van der Waals surface area contributed by atoms with Crippen molar-refractivity contribution in [2.75, 3.05) is 13.1 Å². The lowest BCUT2D eigenvalue weighted by Crippen LogP contribution is -2.38. The van der Waals surface area contributed by atoms with Crippen LogP contribution in [0.25, 0.3) is 11.1 Å². The molecule has 1 aliphatic rings. The maximum atomic E-state index is 13.5. The first-order valence-electron chi connectivity index (χ1n) is 13.7. The van der Waals surface area contributed by atoms with Crippen LogP contribution in [0.3, 0.4) is 0 Å². The van der Waals surface area contributed by atoms with Crippen molar-refractivity contribution in [1.29, 1.82) is 0 Å². The van der Waals surface area contributed by atoms with Crippen LogP contribution < -0.4 is 5.32 Å². The summed E-state index contributed by atoms with van der Waals surface area (Å²) in [6.45, 7) is 2.73. The van der Waals surface area contributed by atoms with E-state index in [0.29, 0.717) is 53.9 Å². The monoisotopic (exact) mass is 593 g/mol. The van der Waals surface area contributed by atoms with Crippen molar-refractivity contribution in [2.45, 2.75) is 44.0 Å². The number of thiazole rings is 1. The summed E-state index contributed by atoms with van der Waals surface area (Å²) in [5, 5.41) is 15.9. The highest BCUT2D eigenvalue weighted by Gasteiger charge is 2.31. The van der Waals surface area contributed by atoms with E-state index >= 15 is 0 Å². The normalized spacial score (nSPS) is 15.7. The summed E-state index contributed by atoms with van der Waals surface area (Å²) < 4.78 is 39.0. The third-order valence-electron chi connectivity index (χ3n) is 7.54. The van der Waals surface area contributed by atoms with E-state index < -0.39 is 23.9 Å². The number of amides is 2. The van der Waals surface area contributed by atoms with Gasteiger partial charge in [0, 0.05) is 30.0 Å². The van der Waals surface area contributed by atoms with Gasteiger partial charge in [-0.1, -0.05) is 60.7 Å². The third-order valence-corrected chi connectivity index (χ3v) is 8.55. The Morgan fingerprint density at radius 1 is 0.976 bits per heavy atom. The first-order chi connectivity index (χ1) is 20.1. The highest BCUT2D eigenvalue weighted by atomic mass is 32.1. The summed E-state index contributed by atoms with van der Waals surface area (Å²) in [5.41, 5.74) is 1.84. The number of hydrogen-bond acceptors (Lipinski definition) is 5. The molecule has 0 radical (unpaired) electrons. The Hall–Kier alpha value is -4.02. The number of rotatable bonds is 7. The third kappa shape index (κ3) is 6.55. The lowest BCUT2D eigenvalue weighted by molar-refractivity contribution is -0.137. The van der Waals surface area contributed by atoms with Crippen molar-refractivity contribution in [3.05, 3.63) is 112 Å². The zero-order valence-electron chi connectivity index (χ0n) is 22.8. The van der Waals surface area contributed by atoms with Crippen molar-refractivity contribution >= 4 is 23.2 Å².